The van der Waals surface area contributed by atoms with Gasteiger partial charge in [-0.05, 0) is 45.2 Å². The molecule has 6 heteroatoms. The molecule has 0 spiro atoms. The molecule has 0 saturated carbocycles. The number of nitrogens with zero attached hydrogens (tertiary/aromatic N) is 2. The first-order chi connectivity index (χ1) is 9.23. The quantitative estimate of drug-likeness (QED) is 0.848. The maximum absolute atomic E-state index is 12.2. The minimum Gasteiger partial charge on any atom is -0.394 e. The normalized spacial score (nSPS) is 12.4. The predicted molar refractivity (Wildman–Crippen MR) is 77.0 cm³/mol. The molecule has 0 radical (unpaired) electrons. The highest BCUT2D eigenvalue weighted by Gasteiger charge is 2.24. The third kappa shape index (κ3) is 4.04. The van der Waals surface area contributed by atoms with Gasteiger partial charge >= 0.3 is 0 Å². The maximum Gasteiger partial charge on any atom is 0.179 e. The summed E-state index contributed by atoms with van der Waals surface area (Å²) < 4.78 is 24.4. The third-order valence-electron chi connectivity index (χ3n) is 3.46. The van der Waals surface area contributed by atoms with Gasteiger partial charge in [-0.3, -0.25) is 4.90 Å². The van der Waals surface area contributed by atoms with Crippen LogP contribution in [-0.4, -0.2) is 49.9 Å². The van der Waals surface area contributed by atoms with Crippen LogP contribution in [0.3, 0.4) is 0 Å². The number of rotatable bonds is 6. The highest BCUT2D eigenvalue weighted by Crippen LogP contribution is 2.15. The number of hydrogen-bond acceptors (Lipinski definition) is 5. The Morgan fingerprint density at radius 3 is 2.30 bits per heavy atom. The first kappa shape index (κ1) is 16.6. The molecular weight excluding hydrogens is 276 g/mol. The first-order valence-corrected chi connectivity index (χ1v) is 7.93. The fraction of sp³-hybridized carbons (Fsp3) is 0.500. The van der Waals surface area contributed by atoms with Crippen LogP contribution in [0.2, 0.25) is 0 Å². The summed E-state index contributed by atoms with van der Waals surface area (Å²) in [7, 11) is -1.60. The zero-order valence-electron chi connectivity index (χ0n) is 12.0. The van der Waals surface area contributed by atoms with Gasteiger partial charge in [0.1, 0.15) is 0 Å². The number of hydrogen-bond donors (Lipinski definition) is 1. The molecule has 1 N–H and O–H groups in total. The SMILES string of the molecule is CN(CCS(=O)(=O)c1ccc(C#N)cc1)C(C)(C)CO. The van der Waals surface area contributed by atoms with Crippen molar-refractivity contribution >= 4 is 9.84 Å². The zero-order valence-corrected chi connectivity index (χ0v) is 12.8. The molecule has 0 aliphatic carbocycles. The van der Waals surface area contributed by atoms with E-state index in [1.807, 2.05) is 24.8 Å². The summed E-state index contributed by atoms with van der Waals surface area (Å²) in [6.07, 6.45) is 0. The van der Waals surface area contributed by atoms with Crippen LogP contribution in [0.15, 0.2) is 29.2 Å². The van der Waals surface area contributed by atoms with Crippen LogP contribution in [-0.2, 0) is 9.84 Å². The molecule has 0 atom stereocenters. The van der Waals surface area contributed by atoms with Crippen LogP contribution in [0.25, 0.3) is 0 Å². The van der Waals surface area contributed by atoms with Crippen molar-refractivity contribution in [1.29, 1.82) is 5.26 Å². The lowest BCUT2D eigenvalue weighted by Gasteiger charge is -2.33. The lowest BCUT2D eigenvalue weighted by Crippen LogP contribution is -2.46. The van der Waals surface area contributed by atoms with Gasteiger partial charge in [0, 0.05) is 12.1 Å². The molecule has 0 aliphatic rings. The van der Waals surface area contributed by atoms with Crippen molar-refractivity contribution in [3.8, 4) is 6.07 Å². The smallest absolute Gasteiger partial charge is 0.179 e. The number of aliphatic hydroxyl groups excluding tert-OH is 1. The number of aliphatic hydroxyl groups is 1. The molecule has 0 fully saturated rings. The molecule has 20 heavy (non-hydrogen) atoms. The van der Waals surface area contributed by atoms with E-state index in [0.29, 0.717) is 12.1 Å². The second-order valence-electron chi connectivity index (χ2n) is 5.35. The second kappa shape index (κ2) is 6.35. The van der Waals surface area contributed by atoms with Crippen LogP contribution in [0.5, 0.6) is 0 Å². The number of nitriles is 1. The van der Waals surface area contributed by atoms with Gasteiger partial charge in [0.25, 0.3) is 0 Å². The Morgan fingerprint density at radius 1 is 1.30 bits per heavy atom. The highest BCUT2D eigenvalue weighted by atomic mass is 32.2. The van der Waals surface area contributed by atoms with Crippen molar-refractivity contribution in [3.05, 3.63) is 29.8 Å². The van der Waals surface area contributed by atoms with Gasteiger partial charge in [0.2, 0.25) is 0 Å². The number of sulfone groups is 1. The molecular formula is C14H20N2O3S. The molecule has 110 valence electrons. The molecule has 1 aromatic carbocycles. The summed E-state index contributed by atoms with van der Waals surface area (Å²) in [5, 5.41) is 17.9. The summed E-state index contributed by atoms with van der Waals surface area (Å²) in [5.41, 5.74) is -0.0253. The van der Waals surface area contributed by atoms with Gasteiger partial charge in [-0.15, -0.1) is 0 Å². The van der Waals surface area contributed by atoms with Gasteiger partial charge in [-0.25, -0.2) is 8.42 Å². The lowest BCUT2D eigenvalue weighted by atomic mass is 10.1. The Balaban J connectivity index is 2.78. The van der Waals surface area contributed by atoms with Crippen LogP contribution in [0.4, 0.5) is 0 Å². The van der Waals surface area contributed by atoms with Crippen LogP contribution in [0, 0.1) is 11.3 Å². The Morgan fingerprint density at radius 2 is 1.85 bits per heavy atom. The second-order valence-corrected chi connectivity index (χ2v) is 7.46. The average molecular weight is 296 g/mol. The maximum atomic E-state index is 12.2. The Kier molecular flexibility index (Phi) is 5.28. The van der Waals surface area contributed by atoms with Crippen molar-refractivity contribution in [1.82, 2.24) is 4.90 Å². The zero-order chi connectivity index (χ0) is 15.4. The van der Waals surface area contributed by atoms with Crippen molar-refractivity contribution in [2.24, 2.45) is 0 Å². The van der Waals surface area contributed by atoms with Crippen molar-refractivity contribution in [3.63, 3.8) is 0 Å². The summed E-state index contributed by atoms with van der Waals surface area (Å²) in [6.45, 7) is 3.99. The minimum atomic E-state index is -3.38. The predicted octanol–water partition coefficient (Wildman–Crippen LogP) is 1.03. The Labute approximate surface area is 120 Å². The largest absolute Gasteiger partial charge is 0.394 e. The summed E-state index contributed by atoms with van der Waals surface area (Å²) in [5.74, 6) is -0.0289. The van der Waals surface area contributed by atoms with Crippen molar-refractivity contribution in [2.45, 2.75) is 24.3 Å². The summed E-state index contributed by atoms with van der Waals surface area (Å²) >= 11 is 0. The molecule has 0 saturated heterocycles. The fourth-order valence-electron chi connectivity index (χ4n) is 1.54. The highest BCUT2D eigenvalue weighted by molar-refractivity contribution is 7.91. The van der Waals surface area contributed by atoms with Gasteiger partial charge in [0.15, 0.2) is 9.84 Å². The Hall–Kier alpha value is -1.42. The lowest BCUT2D eigenvalue weighted by molar-refractivity contribution is 0.0841. The molecule has 0 amide bonds. The summed E-state index contributed by atoms with van der Waals surface area (Å²) in [6, 6.07) is 7.84. The molecule has 1 aromatic rings. The molecule has 5 nitrogen and oxygen atoms in total. The first-order valence-electron chi connectivity index (χ1n) is 6.28. The molecule has 0 bridgehead atoms. The van der Waals surface area contributed by atoms with Gasteiger partial charge in [-0.2, -0.15) is 5.26 Å². The molecule has 1 rings (SSSR count). The van der Waals surface area contributed by atoms with Gasteiger partial charge < -0.3 is 5.11 Å². The van der Waals surface area contributed by atoms with Gasteiger partial charge in [-0.1, -0.05) is 0 Å². The fourth-order valence-corrected chi connectivity index (χ4v) is 2.84. The van der Waals surface area contributed by atoms with E-state index in [1.165, 1.54) is 24.3 Å². The Bertz CT molecular complexity index is 586. The molecule has 0 unspecified atom stereocenters. The number of benzene rings is 1. The van der Waals surface area contributed by atoms with Crippen molar-refractivity contribution in [2.75, 3.05) is 26.0 Å². The topological polar surface area (TPSA) is 81.4 Å². The number of likely N-dealkylation sites (N-methyl/N-ethyl adjacent to an activating group) is 1. The van der Waals surface area contributed by atoms with E-state index < -0.39 is 15.4 Å². The van der Waals surface area contributed by atoms with E-state index in [9.17, 15) is 13.5 Å². The monoisotopic (exact) mass is 296 g/mol. The van der Waals surface area contributed by atoms with E-state index in [1.54, 1.807) is 7.05 Å². The molecule has 0 aliphatic heterocycles. The molecule has 0 heterocycles. The third-order valence-corrected chi connectivity index (χ3v) is 5.17. The minimum absolute atomic E-state index is 0.0289. The van der Waals surface area contributed by atoms with Gasteiger partial charge in [0.05, 0.1) is 28.9 Å². The standard InChI is InChI=1S/C14H20N2O3S/c1-14(2,11-17)16(3)8-9-20(18,19)13-6-4-12(10-15)5-7-13/h4-7,17H,8-9,11H2,1-3H3. The average Bonchev–Trinajstić information content (AvgIpc) is 2.44. The van der Waals surface area contributed by atoms with Crippen molar-refractivity contribution < 1.29 is 13.5 Å². The van der Waals surface area contributed by atoms with E-state index >= 15 is 0 Å². The summed E-state index contributed by atoms with van der Waals surface area (Å²) in [4.78, 5) is 2.03. The van der Waals surface area contributed by atoms with E-state index in [-0.39, 0.29) is 17.3 Å². The van der Waals surface area contributed by atoms with Crippen LogP contribution < -0.4 is 0 Å². The van der Waals surface area contributed by atoms with E-state index in [2.05, 4.69) is 0 Å². The van der Waals surface area contributed by atoms with E-state index in [0.717, 1.165) is 0 Å². The molecule has 0 aromatic heterocycles. The van der Waals surface area contributed by atoms with Crippen LogP contribution in [0.1, 0.15) is 19.4 Å². The van der Waals surface area contributed by atoms with Crippen LogP contribution >= 0.6 is 0 Å². The van der Waals surface area contributed by atoms with E-state index in [4.69, 9.17) is 5.26 Å².